The van der Waals surface area contributed by atoms with Gasteiger partial charge in [-0.2, -0.15) is 0 Å². The summed E-state index contributed by atoms with van der Waals surface area (Å²) in [6, 6.07) is 2.70. The maximum atomic E-state index is 9.25. The Morgan fingerprint density at radius 3 is 1.83 bits per heavy atom. The van der Waals surface area contributed by atoms with Crippen LogP contribution in [0.15, 0.2) is 22.1 Å². The number of thiocarbonyl (C=S) groups is 1. The first-order valence-corrected chi connectivity index (χ1v) is 3.61. The number of hydrogen-bond acceptors (Lipinski definition) is 3. The lowest BCUT2D eigenvalue weighted by atomic mass is 10.3. The fourth-order valence-electron chi connectivity index (χ4n) is 0.995. The van der Waals surface area contributed by atoms with Gasteiger partial charge in [-0.15, -0.1) is 0 Å². The van der Waals surface area contributed by atoms with E-state index in [1.54, 1.807) is 0 Å². The van der Waals surface area contributed by atoms with Gasteiger partial charge in [0.25, 0.3) is 0 Å². The van der Waals surface area contributed by atoms with Gasteiger partial charge in [-0.1, -0.05) is 0 Å². The summed E-state index contributed by atoms with van der Waals surface area (Å²) in [7, 11) is 0. The van der Waals surface area contributed by atoms with E-state index in [-0.39, 0.29) is 27.3 Å². The summed E-state index contributed by atoms with van der Waals surface area (Å²) in [4.78, 5) is 7.53. The standard InChI is InChI=1S/C7H4N2O2S/c10-3-1-2-4(11)6-5(3)8-7(12)9-6/h1-2,10-11H. The minimum Gasteiger partial charge on any atom is -0.506 e. The molecule has 5 heteroatoms. The van der Waals surface area contributed by atoms with Crippen LogP contribution in [0.25, 0.3) is 0 Å². The lowest BCUT2D eigenvalue weighted by Crippen LogP contribution is -2.21. The molecule has 1 aromatic carbocycles. The van der Waals surface area contributed by atoms with Crippen LogP contribution in [-0.4, -0.2) is 15.3 Å². The highest BCUT2D eigenvalue weighted by Gasteiger charge is 2.08. The van der Waals surface area contributed by atoms with Crippen LogP contribution in [0.4, 0.5) is 0 Å². The Hall–Kier alpha value is -1.49. The highest BCUT2D eigenvalue weighted by Crippen LogP contribution is 2.06. The van der Waals surface area contributed by atoms with Crippen molar-refractivity contribution in [2.75, 3.05) is 0 Å². The molecule has 60 valence electrons. The molecule has 0 amide bonds. The van der Waals surface area contributed by atoms with Crippen LogP contribution in [0.5, 0.6) is 11.5 Å². The predicted molar refractivity (Wildman–Crippen MR) is 44.7 cm³/mol. The second kappa shape index (κ2) is 2.25. The van der Waals surface area contributed by atoms with E-state index in [0.29, 0.717) is 0 Å². The Kier molecular flexibility index (Phi) is 1.34. The van der Waals surface area contributed by atoms with Crippen LogP contribution < -0.4 is 10.7 Å². The number of phenols is 2. The number of hydrogen-bond donors (Lipinski definition) is 2. The SMILES string of the molecule is Oc1ccc(O)c2c1=NC(=S)N=2. The van der Waals surface area contributed by atoms with Crippen molar-refractivity contribution in [1.29, 1.82) is 0 Å². The van der Waals surface area contributed by atoms with Crippen LogP contribution in [-0.2, 0) is 0 Å². The van der Waals surface area contributed by atoms with Gasteiger partial charge in [0.2, 0.25) is 5.11 Å². The molecule has 0 fully saturated rings. The van der Waals surface area contributed by atoms with Gasteiger partial charge >= 0.3 is 0 Å². The Labute approximate surface area is 72.5 Å². The van der Waals surface area contributed by atoms with Crippen molar-refractivity contribution in [3.8, 4) is 11.5 Å². The van der Waals surface area contributed by atoms with Crippen molar-refractivity contribution >= 4 is 17.3 Å². The summed E-state index contributed by atoms with van der Waals surface area (Å²) < 4.78 is 0. The third kappa shape index (κ3) is 0.868. The van der Waals surface area contributed by atoms with E-state index in [2.05, 4.69) is 22.2 Å². The monoisotopic (exact) mass is 180 g/mol. The van der Waals surface area contributed by atoms with Gasteiger partial charge in [0.05, 0.1) is 0 Å². The van der Waals surface area contributed by atoms with Crippen LogP contribution in [0.3, 0.4) is 0 Å². The summed E-state index contributed by atoms with van der Waals surface area (Å²) in [5.74, 6) is -0.0437. The van der Waals surface area contributed by atoms with E-state index >= 15 is 0 Å². The van der Waals surface area contributed by atoms with E-state index < -0.39 is 0 Å². The van der Waals surface area contributed by atoms with Crippen molar-refractivity contribution in [3.05, 3.63) is 22.8 Å². The summed E-state index contributed by atoms with van der Waals surface area (Å²) in [6.07, 6.45) is 0. The number of benzene rings is 1. The van der Waals surface area contributed by atoms with Crippen LogP contribution in [0, 0.1) is 0 Å². The van der Waals surface area contributed by atoms with Crippen molar-refractivity contribution in [1.82, 2.24) is 0 Å². The molecule has 12 heavy (non-hydrogen) atoms. The molecule has 1 aliphatic heterocycles. The molecule has 2 N–H and O–H groups in total. The number of fused-ring (bicyclic) bond motifs is 1. The average Bonchev–Trinajstić information content (AvgIpc) is 2.41. The Morgan fingerprint density at radius 2 is 1.42 bits per heavy atom. The van der Waals surface area contributed by atoms with Gasteiger partial charge in [0, 0.05) is 0 Å². The number of nitrogens with zero attached hydrogens (tertiary/aromatic N) is 2. The molecule has 0 saturated heterocycles. The lowest BCUT2D eigenvalue weighted by molar-refractivity contribution is 0.449. The van der Waals surface area contributed by atoms with Crippen molar-refractivity contribution < 1.29 is 10.2 Å². The minimum atomic E-state index is -0.0219. The van der Waals surface area contributed by atoms with Gasteiger partial charge in [0.1, 0.15) is 22.2 Å². The molecule has 0 atom stereocenters. The molecule has 4 nitrogen and oxygen atoms in total. The summed E-state index contributed by atoms with van der Waals surface area (Å²) in [5, 5.41) is 19.1. The third-order valence-corrected chi connectivity index (χ3v) is 1.71. The van der Waals surface area contributed by atoms with Gasteiger partial charge in [0.15, 0.2) is 0 Å². The van der Waals surface area contributed by atoms with E-state index in [0.717, 1.165) is 0 Å². The molecule has 0 aromatic heterocycles. The number of phenolic OH excluding ortho intramolecular Hbond substituents is 2. The van der Waals surface area contributed by atoms with E-state index in [1.165, 1.54) is 12.1 Å². The maximum Gasteiger partial charge on any atom is 0.220 e. The van der Waals surface area contributed by atoms with Crippen molar-refractivity contribution in [2.45, 2.75) is 0 Å². The first-order valence-electron chi connectivity index (χ1n) is 3.21. The molecule has 1 aliphatic rings. The van der Waals surface area contributed by atoms with Crippen molar-refractivity contribution in [3.63, 3.8) is 0 Å². The molecule has 1 aromatic rings. The van der Waals surface area contributed by atoms with Gasteiger partial charge in [-0.3, -0.25) is 0 Å². The lowest BCUT2D eigenvalue weighted by Gasteiger charge is -1.90. The largest absolute Gasteiger partial charge is 0.506 e. The van der Waals surface area contributed by atoms with Crippen LogP contribution >= 0.6 is 12.2 Å². The third-order valence-electron chi connectivity index (χ3n) is 1.52. The van der Waals surface area contributed by atoms with E-state index in [4.69, 9.17) is 0 Å². The molecular weight excluding hydrogens is 176 g/mol. The fourth-order valence-corrected chi connectivity index (χ4v) is 1.18. The molecular formula is C7H4N2O2S. The zero-order valence-corrected chi connectivity index (χ0v) is 6.67. The van der Waals surface area contributed by atoms with Crippen LogP contribution in [0.2, 0.25) is 0 Å². The Balaban J connectivity index is 3.00. The molecule has 1 heterocycles. The fraction of sp³-hybridized carbons (Fsp3) is 0. The first-order chi connectivity index (χ1) is 5.68. The first kappa shape index (κ1) is 7.17. The van der Waals surface area contributed by atoms with E-state index in [9.17, 15) is 10.2 Å². The number of rotatable bonds is 0. The van der Waals surface area contributed by atoms with Gasteiger partial charge < -0.3 is 10.2 Å². The normalized spacial score (nSPS) is 13.5. The van der Waals surface area contributed by atoms with E-state index in [1.807, 2.05) is 0 Å². The van der Waals surface area contributed by atoms with Gasteiger partial charge in [-0.05, 0) is 24.4 Å². The Bertz CT molecular complexity index is 438. The minimum absolute atomic E-state index is 0.0219. The number of aromatic hydroxyl groups is 2. The summed E-state index contributed by atoms with van der Waals surface area (Å²) >= 11 is 4.69. The zero-order valence-electron chi connectivity index (χ0n) is 5.85. The smallest absolute Gasteiger partial charge is 0.220 e. The summed E-state index contributed by atoms with van der Waals surface area (Å²) in [5.41, 5.74) is 0. The maximum absolute atomic E-state index is 9.25. The highest BCUT2D eigenvalue weighted by atomic mass is 32.1. The molecule has 0 unspecified atom stereocenters. The zero-order chi connectivity index (χ0) is 8.72. The Morgan fingerprint density at radius 1 is 1.00 bits per heavy atom. The van der Waals surface area contributed by atoms with Gasteiger partial charge in [-0.25, -0.2) is 9.98 Å². The summed E-state index contributed by atoms with van der Waals surface area (Å²) in [6.45, 7) is 0. The molecule has 0 spiro atoms. The predicted octanol–water partition coefficient (Wildman–Crippen LogP) is -0.364. The molecule has 0 saturated carbocycles. The van der Waals surface area contributed by atoms with Crippen LogP contribution in [0.1, 0.15) is 0 Å². The highest BCUT2D eigenvalue weighted by molar-refractivity contribution is 7.80. The quantitative estimate of drug-likeness (QED) is 0.423. The average molecular weight is 180 g/mol. The second-order valence-electron chi connectivity index (χ2n) is 2.31. The molecule has 0 aliphatic carbocycles. The molecule has 0 radical (unpaired) electrons. The topological polar surface area (TPSA) is 65.2 Å². The molecule has 2 rings (SSSR count). The second-order valence-corrected chi connectivity index (χ2v) is 2.67. The molecule has 0 bridgehead atoms. The van der Waals surface area contributed by atoms with Crippen molar-refractivity contribution in [2.24, 2.45) is 9.98 Å².